The van der Waals surface area contributed by atoms with Gasteiger partial charge in [0, 0.05) is 22.0 Å². The molecule has 1 aromatic heterocycles. The Morgan fingerprint density at radius 1 is 0.893 bits per heavy atom. The molecule has 0 bridgehead atoms. The molecule has 1 heterocycles. The highest BCUT2D eigenvalue weighted by molar-refractivity contribution is 7.89. The predicted molar refractivity (Wildman–Crippen MR) is 110 cm³/mol. The molecule has 0 aliphatic heterocycles. The van der Waals surface area contributed by atoms with Crippen molar-refractivity contribution in [3.05, 3.63) is 89.2 Å². The summed E-state index contributed by atoms with van der Waals surface area (Å²) in [6.07, 6.45) is 0. The third kappa shape index (κ3) is 3.84. The number of rotatable bonds is 3. The van der Waals surface area contributed by atoms with E-state index in [2.05, 4.69) is 4.99 Å². The zero-order valence-corrected chi connectivity index (χ0v) is 16.1. The van der Waals surface area contributed by atoms with E-state index in [0.717, 1.165) is 10.9 Å². The number of fused-ring (bicyclic) bond motifs is 1. The molecule has 28 heavy (non-hydrogen) atoms. The van der Waals surface area contributed by atoms with Gasteiger partial charge in [-0.25, -0.2) is 18.5 Å². The molecule has 0 unspecified atom stereocenters. The van der Waals surface area contributed by atoms with Crippen molar-refractivity contribution in [1.82, 2.24) is 0 Å². The minimum absolute atomic E-state index is 0.0346. The maximum absolute atomic E-state index is 11.4. The quantitative estimate of drug-likeness (QED) is 0.534. The molecule has 0 aliphatic carbocycles. The van der Waals surface area contributed by atoms with E-state index in [9.17, 15) is 8.42 Å². The number of nitrogens with zero attached hydrogens (tertiary/aromatic N) is 1. The van der Waals surface area contributed by atoms with Crippen LogP contribution in [0.4, 0.5) is 5.69 Å². The molecule has 7 heteroatoms. The zero-order valence-electron chi connectivity index (χ0n) is 14.5. The summed E-state index contributed by atoms with van der Waals surface area (Å²) in [5, 5.41) is 7.13. The first kappa shape index (κ1) is 18.4. The van der Waals surface area contributed by atoms with Gasteiger partial charge in [-0.05, 0) is 42.5 Å². The largest absolute Gasteiger partial charge is 0.456 e. The lowest BCUT2D eigenvalue weighted by atomic mass is 10.1. The Bertz CT molecular complexity index is 1330. The monoisotopic (exact) mass is 410 g/mol. The average Bonchev–Trinajstić information content (AvgIpc) is 2.68. The summed E-state index contributed by atoms with van der Waals surface area (Å²) in [6.45, 7) is 0. The molecular weight excluding hydrogens is 396 g/mol. The number of hydrogen-bond acceptors (Lipinski definition) is 4. The molecule has 0 fully saturated rings. The van der Waals surface area contributed by atoms with Gasteiger partial charge in [0.2, 0.25) is 10.0 Å². The van der Waals surface area contributed by atoms with Gasteiger partial charge in [0.1, 0.15) is 11.3 Å². The van der Waals surface area contributed by atoms with Crippen LogP contribution in [0, 0.1) is 0 Å². The van der Waals surface area contributed by atoms with Crippen LogP contribution in [0.3, 0.4) is 0 Å². The van der Waals surface area contributed by atoms with Gasteiger partial charge >= 0.3 is 0 Å². The topological polar surface area (TPSA) is 85.7 Å². The fraction of sp³-hybridized carbons (Fsp3) is 0. The van der Waals surface area contributed by atoms with Crippen LogP contribution in [0.1, 0.15) is 0 Å². The van der Waals surface area contributed by atoms with Crippen molar-refractivity contribution >= 4 is 38.3 Å². The van der Waals surface area contributed by atoms with Crippen LogP contribution in [-0.2, 0) is 10.0 Å². The molecule has 0 atom stereocenters. The van der Waals surface area contributed by atoms with E-state index in [0.29, 0.717) is 27.4 Å². The number of sulfonamides is 1. The highest BCUT2D eigenvalue weighted by Crippen LogP contribution is 2.24. The Hall–Kier alpha value is -2.93. The highest BCUT2D eigenvalue weighted by atomic mass is 35.5. The summed E-state index contributed by atoms with van der Waals surface area (Å²) >= 11 is 6.16. The maximum atomic E-state index is 11.4. The summed E-state index contributed by atoms with van der Waals surface area (Å²) in [7, 11) is -3.75. The number of primary sulfonamides is 1. The minimum Gasteiger partial charge on any atom is -0.456 e. The molecule has 0 spiro atoms. The van der Waals surface area contributed by atoms with Crippen LogP contribution in [0.5, 0.6) is 0 Å². The van der Waals surface area contributed by atoms with Crippen LogP contribution in [0.15, 0.2) is 93.2 Å². The van der Waals surface area contributed by atoms with Crippen molar-refractivity contribution in [3.63, 3.8) is 0 Å². The van der Waals surface area contributed by atoms with Crippen molar-refractivity contribution in [3.8, 4) is 11.3 Å². The lowest BCUT2D eigenvalue weighted by Gasteiger charge is -2.06. The van der Waals surface area contributed by atoms with Crippen molar-refractivity contribution < 1.29 is 12.8 Å². The van der Waals surface area contributed by atoms with Crippen molar-refractivity contribution in [2.24, 2.45) is 10.1 Å². The van der Waals surface area contributed by atoms with Crippen LogP contribution >= 0.6 is 11.6 Å². The Balaban J connectivity index is 1.94. The van der Waals surface area contributed by atoms with Crippen LogP contribution in [0.2, 0.25) is 5.02 Å². The minimum atomic E-state index is -3.75. The lowest BCUT2D eigenvalue weighted by molar-refractivity contribution is 0.598. The van der Waals surface area contributed by atoms with Crippen molar-refractivity contribution in [2.45, 2.75) is 4.90 Å². The Morgan fingerprint density at radius 3 is 2.29 bits per heavy atom. The molecule has 0 aliphatic rings. The molecule has 140 valence electrons. The molecule has 4 rings (SSSR count). The summed E-state index contributed by atoms with van der Waals surface area (Å²) in [6, 6.07) is 22.9. The van der Waals surface area contributed by atoms with Crippen LogP contribution in [-0.4, -0.2) is 8.42 Å². The van der Waals surface area contributed by atoms with E-state index in [1.54, 1.807) is 30.3 Å². The molecule has 0 amide bonds. The molecule has 0 saturated carbocycles. The third-order valence-corrected chi connectivity index (χ3v) is 5.34. The van der Waals surface area contributed by atoms with Gasteiger partial charge in [-0.15, -0.1) is 0 Å². The average molecular weight is 411 g/mol. The Kier molecular flexibility index (Phi) is 4.77. The summed E-state index contributed by atoms with van der Waals surface area (Å²) in [5.74, 6) is 0.662. The normalized spacial score (nSPS) is 12.4. The maximum Gasteiger partial charge on any atom is 0.238 e. The molecule has 5 nitrogen and oxygen atoms in total. The Morgan fingerprint density at radius 2 is 1.61 bits per heavy atom. The van der Waals surface area contributed by atoms with Gasteiger partial charge < -0.3 is 4.42 Å². The van der Waals surface area contributed by atoms with E-state index in [1.165, 1.54) is 12.1 Å². The van der Waals surface area contributed by atoms with Gasteiger partial charge in [-0.3, -0.25) is 0 Å². The number of hydrogen-bond donors (Lipinski definition) is 1. The first-order valence-corrected chi connectivity index (χ1v) is 10.3. The second-order valence-corrected chi connectivity index (χ2v) is 8.15. The molecule has 0 saturated heterocycles. The van der Waals surface area contributed by atoms with Gasteiger partial charge in [0.15, 0.2) is 0 Å². The van der Waals surface area contributed by atoms with E-state index >= 15 is 0 Å². The smallest absolute Gasteiger partial charge is 0.238 e. The molecule has 3 aromatic carbocycles. The van der Waals surface area contributed by atoms with Crippen molar-refractivity contribution in [1.29, 1.82) is 0 Å². The summed E-state index contributed by atoms with van der Waals surface area (Å²) in [5.41, 5.74) is 2.14. The number of benzene rings is 3. The number of nitrogens with two attached hydrogens (primary N) is 1. The third-order valence-electron chi connectivity index (χ3n) is 4.18. The van der Waals surface area contributed by atoms with Crippen molar-refractivity contribution in [2.75, 3.05) is 0 Å². The summed E-state index contributed by atoms with van der Waals surface area (Å²) < 4.78 is 28.9. The number of halogens is 1. The Labute approximate surface area is 166 Å². The van der Waals surface area contributed by atoms with E-state index in [1.807, 2.05) is 36.4 Å². The van der Waals surface area contributed by atoms with E-state index in [4.69, 9.17) is 21.2 Å². The first-order valence-electron chi connectivity index (χ1n) is 8.37. The standard InChI is InChI=1S/C21H15ClN2O3S/c22-15-6-11-20-18(12-15)19(13-21(27-20)14-4-2-1-3-5-14)24-16-7-9-17(10-8-16)28(23,25)26/h1-13H,(H2,23,25,26). The molecular formula is C21H15ClN2O3S. The van der Waals surface area contributed by atoms with Gasteiger partial charge in [0.05, 0.1) is 15.9 Å². The SMILES string of the molecule is NS(=O)(=O)c1ccc(N=c2cc(-c3ccccc3)oc3ccc(Cl)cc23)cc1. The first-order chi connectivity index (χ1) is 13.4. The second-order valence-electron chi connectivity index (χ2n) is 6.15. The zero-order chi connectivity index (χ0) is 19.7. The van der Waals surface area contributed by atoms with E-state index < -0.39 is 10.0 Å². The lowest BCUT2D eigenvalue weighted by Crippen LogP contribution is -2.11. The molecule has 4 aromatic rings. The van der Waals surface area contributed by atoms with Crippen LogP contribution in [0.25, 0.3) is 22.3 Å². The van der Waals surface area contributed by atoms with Gasteiger partial charge in [-0.2, -0.15) is 0 Å². The van der Waals surface area contributed by atoms with E-state index in [-0.39, 0.29) is 4.90 Å². The summed E-state index contributed by atoms with van der Waals surface area (Å²) in [4.78, 5) is 4.70. The molecule has 2 N–H and O–H groups in total. The fourth-order valence-corrected chi connectivity index (χ4v) is 3.52. The second kappa shape index (κ2) is 7.24. The van der Waals surface area contributed by atoms with Crippen LogP contribution < -0.4 is 10.5 Å². The highest BCUT2D eigenvalue weighted by Gasteiger charge is 2.08. The molecule has 0 radical (unpaired) electrons. The predicted octanol–water partition coefficient (Wildman–Crippen LogP) is 4.63. The van der Waals surface area contributed by atoms with Gasteiger partial charge in [-0.1, -0.05) is 41.9 Å². The van der Waals surface area contributed by atoms with Gasteiger partial charge in [0.25, 0.3) is 0 Å². The fourth-order valence-electron chi connectivity index (χ4n) is 2.83.